The molecule has 0 heterocycles. The van der Waals surface area contributed by atoms with Gasteiger partial charge in [0, 0.05) is 22.6 Å². The van der Waals surface area contributed by atoms with Gasteiger partial charge in [0.05, 0.1) is 13.2 Å². The van der Waals surface area contributed by atoms with Gasteiger partial charge in [-0.2, -0.15) is 11.8 Å². The lowest BCUT2D eigenvalue weighted by molar-refractivity contribution is 0.300. The molecule has 3 nitrogen and oxygen atoms in total. The summed E-state index contributed by atoms with van der Waals surface area (Å²) in [5.74, 6) is 1.64. The minimum atomic E-state index is -0.0586. The molecule has 0 aliphatic heterocycles. The van der Waals surface area contributed by atoms with Crippen LogP contribution in [0.2, 0.25) is 0 Å². The summed E-state index contributed by atoms with van der Waals surface area (Å²) in [7, 11) is 0. The van der Waals surface area contributed by atoms with E-state index in [0.717, 1.165) is 17.1 Å². The molecule has 4 heteroatoms. The number of benzene rings is 1. The van der Waals surface area contributed by atoms with Crippen LogP contribution in [-0.2, 0) is 0 Å². The summed E-state index contributed by atoms with van der Waals surface area (Å²) >= 11 is 1.68. The van der Waals surface area contributed by atoms with Crippen molar-refractivity contribution >= 4 is 11.8 Å². The highest BCUT2D eigenvalue weighted by molar-refractivity contribution is 7.99. The molecule has 1 aromatic rings. The first-order chi connectivity index (χ1) is 8.19. The molecule has 0 saturated heterocycles. The van der Waals surface area contributed by atoms with E-state index in [2.05, 4.69) is 0 Å². The number of rotatable bonds is 7. The standard InChI is InChI=1S/C13H21NO2S/c1-3-16-13-7-5-4-6-11(13)12(14)9-17-10(2)8-15/h4-7,10,12,15H,3,8-9,14H2,1-2H3. The molecule has 2 unspecified atom stereocenters. The summed E-state index contributed by atoms with van der Waals surface area (Å²) in [4.78, 5) is 0. The molecule has 17 heavy (non-hydrogen) atoms. The number of hydrogen-bond acceptors (Lipinski definition) is 4. The van der Waals surface area contributed by atoms with Crippen molar-refractivity contribution in [2.45, 2.75) is 25.1 Å². The quantitative estimate of drug-likeness (QED) is 0.784. The zero-order valence-corrected chi connectivity index (χ0v) is 11.2. The van der Waals surface area contributed by atoms with E-state index in [9.17, 15) is 0 Å². The van der Waals surface area contributed by atoms with Gasteiger partial charge in [-0.1, -0.05) is 25.1 Å². The molecule has 0 radical (unpaired) electrons. The molecule has 3 N–H and O–H groups in total. The summed E-state index contributed by atoms with van der Waals surface area (Å²) in [6, 6.07) is 7.80. The number of aliphatic hydroxyl groups excluding tert-OH is 1. The number of ether oxygens (including phenoxy) is 1. The summed E-state index contributed by atoms with van der Waals surface area (Å²) in [5.41, 5.74) is 7.18. The third-order valence-corrected chi connectivity index (χ3v) is 3.71. The molecule has 1 rings (SSSR count). The van der Waals surface area contributed by atoms with Crippen LogP contribution in [0.25, 0.3) is 0 Å². The number of aliphatic hydroxyl groups is 1. The fourth-order valence-corrected chi connectivity index (χ4v) is 2.31. The Morgan fingerprint density at radius 1 is 1.41 bits per heavy atom. The Bertz CT molecular complexity index is 333. The first-order valence-electron chi connectivity index (χ1n) is 5.88. The highest BCUT2D eigenvalue weighted by atomic mass is 32.2. The second-order valence-electron chi connectivity index (χ2n) is 3.90. The van der Waals surface area contributed by atoms with Crippen molar-refractivity contribution in [3.05, 3.63) is 29.8 Å². The minimum absolute atomic E-state index is 0.0586. The molecule has 0 saturated carbocycles. The Morgan fingerprint density at radius 2 is 2.12 bits per heavy atom. The average Bonchev–Trinajstić information content (AvgIpc) is 2.36. The average molecular weight is 255 g/mol. The topological polar surface area (TPSA) is 55.5 Å². The lowest BCUT2D eigenvalue weighted by atomic mass is 10.1. The van der Waals surface area contributed by atoms with Crippen LogP contribution in [0.5, 0.6) is 5.75 Å². The molecule has 0 bridgehead atoms. The van der Waals surface area contributed by atoms with Crippen LogP contribution in [0.1, 0.15) is 25.5 Å². The summed E-state index contributed by atoms with van der Waals surface area (Å²) in [5, 5.41) is 9.19. The fourth-order valence-electron chi connectivity index (χ4n) is 1.48. The normalized spacial score (nSPS) is 14.4. The fraction of sp³-hybridized carbons (Fsp3) is 0.538. The minimum Gasteiger partial charge on any atom is -0.494 e. The zero-order chi connectivity index (χ0) is 12.7. The van der Waals surface area contributed by atoms with E-state index in [1.807, 2.05) is 38.1 Å². The first kappa shape index (κ1) is 14.4. The van der Waals surface area contributed by atoms with E-state index < -0.39 is 0 Å². The summed E-state index contributed by atoms with van der Waals surface area (Å²) in [6.07, 6.45) is 0. The molecule has 1 aromatic carbocycles. The number of nitrogens with two attached hydrogens (primary N) is 1. The van der Waals surface area contributed by atoms with Gasteiger partial charge in [-0.05, 0) is 13.0 Å². The molecule has 0 aromatic heterocycles. The van der Waals surface area contributed by atoms with Gasteiger partial charge in [-0.25, -0.2) is 0 Å². The molecule has 0 amide bonds. The summed E-state index contributed by atoms with van der Waals surface area (Å²) in [6.45, 7) is 4.78. The van der Waals surface area contributed by atoms with E-state index in [1.165, 1.54) is 0 Å². The van der Waals surface area contributed by atoms with Crippen LogP contribution in [-0.4, -0.2) is 29.3 Å². The second-order valence-corrected chi connectivity index (χ2v) is 5.38. The van der Waals surface area contributed by atoms with Crippen LogP contribution in [0.15, 0.2) is 24.3 Å². The molecule has 0 aliphatic carbocycles. The third kappa shape index (κ3) is 4.58. The Labute approximate surface area is 107 Å². The van der Waals surface area contributed by atoms with E-state index in [0.29, 0.717) is 6.61 Å². The Kier molecular flexibility index (Phi) is 6.40. The maximum Gasteiger partial charge on any atom is 0.124 e. The van der Waals surface area contributed by atoms with Gasteiger partial charge in [-0.15, -0.1) is 0 Å². The number of para-hydroxylation sites is 1. The maximum atomic E-state index is 8.97. The Hall–Kier alpha value is -0.710. The smallest absolute Gasteiger partial charge is 0.124 e. The second kappa shape index (κ2) is 7.58. The predicted octanol–water partition coefficient (Wildman–Crippen LogP) is 2.20. The molecular formula is C13H21NO2S. The van der Waals surface area contributed by atoms with Crippen molar-refractivity contribution in [3.8, 4) is 5.75 Å². The molecule has 2 atom stereocenters. The lowest BCUT2D eigenvalue weighted by Crippen LogP contribution is -2.17. The number of hydrogen-bond donors (Lipinski definition) is 2. The van der Waals surface area contributed by atoms with E-state index in [-0.39, 0.29) is 17.9 Å². The van der Waals surface area contributed by atoms with E-state index in [1.54, 1.807) is 11.8 Å². The van der Waals surface area contributed by atoms with Crippen molar-refractivity contribution in [1.29, 1.82) is 0 Å². The third-order valence-electron chi connectivity index (χ3n) is 2.44. The molecule has 0 fully saturated rings. The van der Waals surface area contributed by atoms with Crippen LogP contribution >= 0.6 is 11.8 Å². The van der Waals surface area contributed by atoms with Gasteiger partial charge in [0.15, 0.2) is 0 Å². The van der Waals surface area contributed by atoms with Gasteiger partial charge in [-0.3, -0.25) is 0 Å². The summed E-state index contributed by atoms with van der Waals surface area (Å²) < 4.78 is 5.55. The van der Waals surface area contributed by atoms with E-state index >= 15 is 0 Å². The maximum absolute atomic E-state index is 8.97. The monoisotopic (exact) mass is 255 g/mol. The van der Waals surface area contributed by atoms with E-state index in [4.69, 9.17) is 15.6 Å². The van der Waals surface area contributed by atoms with Crippen molar-refractivity contribution in [2.75, 3.05) is 19.0 Å². The zero-order valence-electron chi connectivity index (χ0n) is 10.4. The van der Waals surface area contributed by atoms with Gasteiger partial charge < -0.3 is 15.6 Å². The van der Waals surface area contributed by atoms with Gasteiger partial charge >= 0.3 is 0 Å². The SMILES string of the molecule is CCOc1ccccc1C(N)CSC(C)CO. The number of thioether (sulfide) groups is 1. The Morgan fingerprint density at radius 3 is 2.76 bits per heavy atom. The molecule has 96 valence electrons. The van der Waals surface area contributed by atoms with Gasteiger partial charge in [0.25, 0.3) is 0 Å². The predicted molar refractivity (Wildman–Crippen MR) is 73.5 cm³/mol. The van der Waals surface area contributed by atoms with Crippen molar-refractivity contribution in [2.24, 2.45) is 5.73 Å². The highest BCUT2D eigenvalue weighted by Gasteiger charge is 2.13. The van der Waals surface area contributed by atoms with Crippen molar-refractivity contribution < 1.29 is 9.84 Å². The van der Waals surface area contributed by atoms with Crippen LogP contribution in [0.3, 0.4) is 0 Å². The highest BCUT2D eigenvalue weighted by Crippen LogP contribution is 2.27. The largest absolute Gasteiger partial charge is 0.494 e. The van der Waals surface area contributed by atoms with Crippen molar-refractivity contribution in [3.63, 3.8) is 0 Å². The lowest BCUT2D eigenvalue weighted by Gasteiger charge is -2.17. The molecule has 0 aliphatic rings. The van der Waals surface area contributed by atoms with Crippen molar-refractivity contribution in [1.82, 2.24) is 0 Å². The van der Waals surface area contributed by atoms with Crippen LogP contribution < -0.4 is 10.5 Å². The van der Waals surface area contributed by atoms with Gasteiger partial charge in [0.1, 0.15) is 5.75 Å². The van der Waals surface area contributed by atoms with Crippen LogP contribution in [0.4, 0.5) is 0 Å². The molecular weight excluding hydrogens is 234 g/mol. The first-order valence-corrected chi connectivity index (χ1v) is 6.93. The van der Waals surface area contributed by atoms with Gasteiger partial charge in [0.2, 0.25) is 0 Å². The Balaban J connectivity index is 2.64. The molecule has 0 spiro atoms. The van der Waals surface area contributed by atoms with Crippen LogP contribution in [0, 0.1) is 0 Å².